The Balaban J connectivity index is 2.56. The number of hydrogen-bond acceptors (Lipinski definition) is 4. The molecule has 1 unspecified atom stereocenters. The fourth-order valence-electron chi connectivity index (χ4n) is 1.18. The van der Waals surface area contributed by atoms with Gasteiger partial charge < -0.3 is 9.47 Å². The Kier molecular flexibility index (Phi) is 5.36. The molecule has 0 N–H and O–H groups in total. The largest absolute Gasteiger partial charge is 0.478 e. The van der Waals surface area contributed by atoms with Crippen LogP contribution < -0.4 is 4.74 Å². The van der Waals surface area contributed by atoms with Gasteiger partial charge >= 0.3 is 0 Å². The average Bonchev–Trinajstić information content (AvgIpc) is 2.19. The summed E-state index contributed by atoms with van der Waals surface area (Å²) in [6, 6.07) is 1.80. The summed E-state index contributed by atoms with van der Waals surface area (Å²) in [5.74, 6) is 0.587. The molecule has 1 aromatic rings. The summed E-state index contributed by atoms with van der Waals surface area (Å²) < 4.78 is 10.2. The SMILES string of the molecule is CCOc1cc(CC(Cl)COC)ncn1. The highest BCUT2D eigenvalue weighted by atomic mass is 35.5. The van der Waals surface area contributed by atoms with E-state index in [0.717, 1.165) is 5.69 Å². The Morgan fingerprint density at radius 3 is 2.93 bits per heavy atom. The zero-order chi connectivity index (χ0) is 11.1. The zero-order valence-corrected chi connectivity index (χ0v) is 9.70. The van der Waals surface area contributed by atoms with Crippen molar-refractivity contribution in [2.45, 2.75) is 18.7 Å². The van der Waals surface area contributed by atoms with Gasteiger partial charge in [-0.2, -0.15) is 0 Å². The van der Waals surface area contributed by atoms with Gasteiger partial charge in [-0.1, -0.05) is 0 Å². The van der Waals surface area contributed by atoms with Crippen LogP contribution in [0.25, 0.3) is 0 Å². The maximum absolute atomic E-state index is 6.02. The normalized spacial score (nSPS) is 12.5. The van der Waals surface area contributed by atoms with Gasteiger partial charge in [-0.15, -0.1) is 11.6 Å². The highest BCUT2D eigenvalue weighted by Crippen LogP contribution is 2.11. The van der Waals surface area contributed by atoms with Crippen molar-refractivity contribution in [3.8, 4) is 5.88 Å². The van der Waals surface area contributed by atoms with E-state index in [9.17, 15) is 0 Å². The van der Waals surface area contributed by atoms with E-state index in [0.29, 0.717) is 25.5 Å². The predicted octanol–water partition coefficient (Wildman–Crippen LogP) is 1.67. The Bertz CT molecular complexity index is 297. The van der Waals surface area contributed by atoms with E-state index in [-0.39, 0.29) is 5.38 Å². The van der Waals surface area contributed by atoms with E-state index in [2.05, 4.69) is 9.97 Å². The lowest BCUT2D eigenvalue weighted by molar-refractivity contribution is 0.197. The number of aromatic nitrogens is 2. The maximum Gasteiger partial charge on any atom is 0.216 e. The minimum absolute atomic E-state index is 0.0700. The third-order valence-corrected chi connectivity index (χ3v) is 2.05. The molecule has 0 saturated heterocycles. The van der Waals surface area contributed by atoms with E-state index in [1.54, 1.807) is 13.2 Å². The van der Waals surface area contributed by atoms with E-state index in [4.69, 9.17) is 21.1 Å². The first-order chi connectivity index (χ1) is 7.26. The first-order valence-corrected chi connectivity index (χ1v) is 5.26. The number of hydrogen-bond donors (Lipinski definition) is 0. The van der Waals surface area contributed by atoms with Crippen LogP contribution in [-0.2, 0) is 11.2 Å². The summed E-state index contributed by atoms with van der Waals surface area (Å²) in [6.07, 6.45) is 2.13. The fraction of sp³-hybridized carbons (Fsp3) is 0.600. The van der Waals surface area contributed by atoms with E-state index >= 15 is 0 Å². The first kappa shape index (κ1) is 12.2. The molecule has 1 rings (SSSR count). The molecule has 0 aliphatic heterocycles. The summed E-state index contributed by atoms with van der Waals surface area (Å²) in [7, 11) is 1.63. The molecule has 1 heterocycles. The second-order valence-electron chi connectivity index (χ2n) is 3.04. The molecule has 4 nitrogen and oxygen atoms in total. The molecular formula is C10H15ClN2O2. The predicted molar refractivity (Wildman–Crippen MR) is 58.4 cm³/mol. The van der Waals surface area contributed by atoms with E-state index in [1.165, 1.54) is 6.33 Å². The minimum Gasteiger partial charge on any atom is -0.478 e. The van der Waals surface area contributed by atoms with Gasteiger partial charge in [0.05, 0.1) is 18.6 Å². The smallest absolute Gasteiger partial charge is 0.216 e. The van der Waals surface area contributed by atoms with Crippen LogP contribution in [-0.4, -0.2) is 35.7 Å². The van der Waals surface area contributed by atoms with Gasteiger partial charge in [0.1, 0.15) is 6.33 Å². The van der Waals surface area contributed by atoms with Gasteiger partial charge in [0, 0.05) is 25.3 Å². The van der Waals surface area contributed by atoms with Gasteiger partial charge in [-0.05, 0) is 6.92 Å². The topological polar surface area (TPSA) is 44.2 Å². The van der Waals surface area contributed by atoms with Gasteiger partial charge in [-0.3, -0.25) is 0 Å². The van der Waals surface area contributed by atoms with Gasteiger partial charge in [0.2, 0.25) is 5.88 Å². The van der Waals surface area contributed by atoms with Gasteiger partial charge in [-0.25, -0.2) is 9.97 Å². The first-order valence-electron chi connectivity index (χ1n) is 4.83. The van der Waals surface area contributed by atoms with Crippen LogP contribution in [0.5, 0.6) is 5.88 Å². The van der Waals surface area contributed by atoms with Crippen molar-refractivity contribution in [3.05, 3.63) is 18.1 Å². The summed E-state index contributed by atoms with van der Waals surface area (Å²) in [5.41, 5.74) is 0.866. The molecule has 1 atom stereocenters. The zero-order valence-electron chi connectivity index (χ0n) is 8.94. The van der Waals surface area contributed by atoms with Crippen molar-refractivity contribution in [3.63, 3.8) is 0 Å². The van der Waals surface area contributed by atoms with Crippen molar-refractivity contribution in [2.24, 2.45) is 0 Å². The van der Waals surface area contributed by atoms with Crippen LogP contribution in [0.15, 0.2) is 12.4 Å². The molecule has 0 spiro atoms. The Hall–Kier alpha value is -0.870. The number of halogens is 1. The van der Waals surface area contributed by atoms with Crippen LogP contribution >= 0.6 is 11.6 Å². The molecule has 0 aromatic carbocycles. The summed E-state index contributed by atoms with van der Waals surface area (Å²) in [6.45, 7) is 3.02. The standard InChI is InChI=1S/C10H15ClN2O2/c1-3-15-10-5-9(12-7-13-10)4-8(11)6-14-2/h5,7-8H,3-4,6H2,1-2H3. The van der Waals surface area contributed by atoms with Crippen LogP contribution in [0.1, 0.15) is 12.6 Å². The molecule has 1 aromatic heterocycles. The highest BCUT2D eigenvalue weighted by molar-refractivity contribution is 6.20. The van der Waals surface area contributed by atoms with Crippen LogP contribution in [0.4, 0.5) is 0 Å². The van der Waals surface area contributed by atoms with Crippen molar-refractivity contribution >= 4 is 11.6 Å². The molecule has 0 saturated carbocycles. The van der Waals surface area contributed by atoms with Crippen LogP contribution in [0.2, 0.25) is 0 Å². The van der Waals surface area contributed by atoms with Crippen molar-refractivity contribution in [1.82, 2.24) is 9.97 Å². The van der Waals surface area contributed by atoms with Crippen LogP contribution in [0.3, 0.4) is 0 Å². The minimum atomic E-state index is -0.0700. The molecule has 15 heavy (non-hydrogen) atoms. The second-order valence-corrected chi connectivity index (χ2v) is 3.65. The molecule has 0 fully saturated rings. The Morgan fingerprint density at radius 1 is 1.47 bits per heavy atom. The van der Waals surface area contributed by atoms with Crippen LogP contribution in [0, 0.1) is 0 Å². The Morgan fingerprint density at radius 2 is 2.27 bits per heavy atom. The summed E-state index contributed by atoms with van der Waals surface area (Å²) in [4.78, 5) is 8.09. The molecule has 0 amide bonds. The number of rotatable bonds is 6. The van der Waals surface area contributed by atoms with E-state index in [1.807, 2.05) is 6.92 Å². The summed E-state index contributed by atoms with van der Waals surface area (Å²) >= 11 is 6.02. The average molecular weight is 231 g/mol. The molecule has 5 heteroatoms. The second kappa shape index (κ2) is 6.58. The fourth-order valence-corrected chi connectivity index (χ4v) is 1.47. The number of alkyl halides is 1. The molecule has 0 radical (unpaired) electrons. The molecule has 0 aliphatic carbocycles. The lowest BCUT2D eigenvalue weighted by Crippen LogP contribution is -2.12. The van der Waals surface area contributed by atoms with Crippen molar-refractivity contribution in [1.29, 1.82) is 0 Å². The molecule has 84 valence electrons. The third kappa shape index (κ3) is 4.44. The monoisotopic (exact) mass is 230 g/mol. The highest BCUT2D eigenvalue weighted by Gasteiger charge is 2.07. The molecule has 0 bridgehead atoms. The van der Waals surface area contributed by atoms with Gasteiger partial charge in [0.15, 0.2) is 0 Å². The quantitative estimate of drug-likeness (QED) is 0.698. The van der Waals surface area contributed by atoms with Crippen molar-refractivity contribution < 1.29 is 9.47 Å². The van der Waals surface area contributed by atoms with Crippen molar-refractivity contribution in [2.75, 3.05) is 20.3 Å². The lowest BCUT2D eigenvalue weighted by atomic mass is 10.2. The molecular weight excluding hydrogens is 216 g/mol. The Labute approximate surface area is 94.6 Å². The molecule has 0 aliphatic rings. The third-order valence-electron chi connectivity index (χ3n) is 1.77. The maximum atomic E-state index is 6.02. The number of methoxy groups -OCH3 is 1. The summed E-state index contributed by atoms with van der Waals surface area (Å²) in [5, 5.41) is -0.0700. The number of ether oxygens (including phenoxy) is 2. The lowest BCUT2D eigenvalue weighted by Gasteiger charge is -2.08. The van der Waals surface area contributed by atoms with E-state index < -0.39 is 0 Å². The van der Waals surface area contributed by atoms with Gasteiger partial charge in [0.25, 0.3) is 0 Å². The number of nitrogens with zero attached hydrogens (tertiary/aromatic N) is 2.